The lowest BCUT2D eigenvalue weighted by Crippen LogP contribution is -1.93. The molecule has 1 aromatic rings. The molecule has 3 heteroatoms. The molecule has 13 heavy (non-hydrogen) atoms. The predicted octanol–water partition coefficient (Wildman–Crippen LogP) is 1.77. The van der Waals surface area contributed by atoms with Crippen LogP contribution in [0.1, 0.15) is 12.6 Å². The molecular weight excluding hydrogens is 162 g/mol. The van der Waals surface area contributed by atoms with E-state index in [1.807, 2.05) is 19.1 Å². The second-order valence-electron chi connectivity index (χ2n) is 2.61. The summed E-state index contributed by atoms with van der Waals surface area (Å²) in [4.78, 5) is 8.13. The van der Waals surface area contributed by atoms with Crippen LogP contribution in [-0.4, -0.2) is 18.2 Å². The van der Waals surface area contributed by atoms with Crippen LogP contribution in [-0.2, 0) is 0 Å². The molecule has 0 amide bonds. The van der Waals surface area contributed by atoms with Gasteiger partial charge in [0, 0.05) is 30.7 Å². The summed E-state index contributed by atoms with van der Waals surface area (Å²) in [6.45, 7) is 1.95. The van der Waals surface area contributed by atoms with Gasteiger partial charge in [-0.2, -0.15) is 0 Å². The maximum Gasteiger partial charge on any atom is 0.0734 e. The zero-order chi connectivity index (χ0) is 9.68. The van der Waals surface area contributed by atoms with E-state index >= 15 is 0 Å². The summed E-state index contributed by atoms with van der Waals surface area (Å²) in [6.07, 6.45) is 5.41. The molecule has 1 aromatic heterocycles. The number of pyridine rings is 1. The van der Waals surface area contributed by atoms with Gasteiger partial charge in [-0.25, -0.2) is 0 Å². The van der Waals surface area contributed by atoms with Crippen LogP contribution in [0.3, 0.4) is 0 Å². The Morgan fingerprint density at radius 1 is 1.62 bits per heavy atom. The van der Waals surface area contributed by atoms with Crippen molar-refractivity contribution in [1.82, 2.24) is 4.98 Å². The van der Waals surface area contributed by atoms with Crippen molar-refractivity contribution in [3.63, 3.8) is 0 Å². The average molecular weight is 175 g/mol. The first-order valence-corrected chi connectivity index (χ1v) is 4.08. The average Bonchev–Trinajstić information content (AvgIpc) is 2.14. The van der Waals surface area contributed by atoms with Crippen LogP contribution in [0, 0.1) is 0 Å². The molecule has 0 bridgehead atoms. The Bertz CT molecular complexity index is 340. The van der Waals surface area contributed by atoms with E-state index < -0.39 is 0 Å². The molecule has 2 N–H and O–H groups in total. The fourth-order valence-electron chi connectivity index (χ4n) is 1.03. The van der Waals surface area contributed by atoms with Gasteiger partial charge in [0.2, 0.25) is 0 Å². The number of aliphatic imine (C=N–C) groups is 1. The highest BCUT2D eigenvalue weighted by atomic mass is 14.7. The van der Waals surface area contributed by atoms with Crippen molar-refractivity contribution in [1.29, 1.82) is 0 Å². The highest BCUT2D eigenvalue weighted by Crippen LogP contribution is 2.11. The van der Waals surface area contributed by atoms with E-state index in [1.54, 1.807) is 25.5 Å². The standard InChI is InChI=1S/C10H13N3/c1-3-8(7-12-2)10-6-9(11)4-5-13-10/h3-7H,1-2H3,(H2,11,13)/b8-3+,12-7?. The molecule has 1 heterocycles. The lowest BCUT2D eigenvalue weighted by atomic mass is 10.1. The van der Waals surface area contributed by atoms with Crippen molar-refractivity contribution in [2.75, 3.05) is 12.8 Å². The van der Waals surface area contributed by atoms with Crippen LogP contribution >= 0.6 is 0 Å². The molecule has 0 radical (unpaired) electrons. The van der Waals surface area contributed by atoms with Crippen molar-refractivity contribution in [3.05, 3.63) is 30.1 Å². The first-order chi connectivity index (χ1) is 6.27. The molecule has 1 rings (SSSR count). The summed E-state index contributed by atoms with van der Waals surface area (Å²) in [7, 11) is 1.73. The van der Waals surface area contributed by atoms with Gasteiger partial charge >= 0.3 is 0 Å². The van der Waals surface area contributed by atoms with E-state index in [1.165, 1.54) is 0 Å². The summed E-state index contributed by atoms with van der Waals surface area (Å²) in [5.74, 6) is 0. The zero-order valence-corrected chi connectivity index (χ0v) is 7.86. The molecule has 0 aliphatic carbocycles. The molecule has 3 nitrogen and oxygen atoms in total. The van der Waals surface area contributed by atoms with Crippen molar-refractivity contribution < 1.29 is 0 Å². The number of nitrogens with two attached hydrogens (primary N) is 1. The number of rotatable bonds is 2. The second-order valence-corrected chi connectivity index (χ2v) is 2.61. The van der Waals surface area contributed by atoms with Crippen LogP contribution in [0.25, 0.3) is 5.57 Å². The molecular formula is C10H13N3. The van der Waals surface area contributed by atoms with Gasteiger partial charge in [0.15, 0.2) is 0 Å². The molecule has 68 valence electrons. The minimum atomic E-state index is 0.717. The van der Waals surface area contributed by atoms with E-state index in [0.717, 1.165) is 11.3 Å². The van der Waals surface area contributed by atoms with Gasteiger partial charge in [-0.1, -0.05) is 6.08 Å². The highest BCUT2D eigenvalue weighted by Gasteiger charge is 1.98. The van der Waals surface area contributed by atoms with E-state index in [9.17, 15) is 0 Å². The van der Waals surface area contributed by atoms with Gasteiger partial charge in [-0.3, -0.25) is 9.98 Å². The number of hydrogen-bond donors (Lipinski definition) is 1. The van der Waals surface area contributed by atoms with Gasteiger partial charge in [0.25, 0.3) is 0 Å². The minimum absolute atomic E-state index is 0.717. The van der Waals surface area contributed by atoms with Gasteiger partial charge in [0.05, 0.1) is 5.69 Å². The quantitative estimate of drug-likeness (QED) is 0.696. The fourth-order valence-corrected chi connectivity index (χ4v) is 1.03. The number of nitrogen functional groups attached to an aromatic ring is 1. The molecule has 0 fully saturated rings. The largest absolute Gasteiger partial charge is 0.399 e. The van der Waals surface area contributed by atoms with E-state index in [4.69, 9.17) is 5.73 Å². The van der Waals surface area contributed by atoms with Crippen molar-refractivity contribution >= 4 is 17.5 Å². The Labute approximate surface area is 78.0 Å². The van der Waals surface area contributed by atoms with E-state index in [2.05, 4.69) is 9.98 Å². The second kappa shape index (κ2) is 4.40. The van der Waals surface area contributed by atoms with Crippen LogP contribution in [0.2, 0.25) is 0 Å². The van der Waals surface area contributed by atoms with Crippen LogP contribution in [0.4, 0.5) is 5.69 Å². The summed E-state index contributed by atoms with van der Waals surface area (Å²) < 4.78 is 0. The molecule has 0 saturated carbocycles. The third-order valence-corrected chi connectivity index (χ3v) is 1.66. The third-order valence-electron chi connectivity index (χ3n) is 1.66. The summed E-state index contributed by atoms with van der Waals surface area (Å²) >= 11 is 0. The Hall–Kier alpha value is -1.64. The van der Waals surface area contributed by atoms with Gasteiger partial charge < -0.3 is 5.73 Å². The molecule has 0 atom stereocenters. The molecule has 0 aromatic carbocycles. The van der Waals surface area contributed by atoms with Crippen molar-refractivity contribution in [2.45, 2.75) is 6.92 Å². The van der Waals surface area contributed by atoms with Crippen LogP contribution in [0.15, 0.2) is 29.4 Å². The smallest absolute Gasteiger partial charge is 0.0734 e. The first-order valence-electron chi connectivity index (χ1n) is 4.08. The maximum atomic E-state index is 5.64. The van der Waals surface area contributed by atoms with Gasteiger partial charge in [-0.15, -0.1) is 0 Å². The Kier molecular flexibility index (Phi) is 3.20. The number of nitrogens with zero attached hydrogens (tertiary/aromatic N) is 2. The molecule has 0 spiro atoms. The SMILES string of the molecule is C/C=C(\C=NC)c1cc(N)ccn1. The Balaban J connectivity index is 3.06. The van der Waals surface area contributed by atoms with Gasteiger partial charge in [0.1, 0.15) is 0 Å². The predicted molar refractivity (Wildman–Crippen MR) is 56.7 cm³/mol. The molecule has 0 aliphatic heterocycles. The van der Waals surface area contributed by atoms with E-state index in [-0.39, 0.29) is 0 Å². The van der Waals surface area contributed by atoms with Crippen LogP contribution in [0.5, 0.6) is 0 Å². The molecule has 0 aliphatic rings. The summed E-state index contributed by atoms with van der Waals surface area (Å²) in [5.41, 5.74) is 8.19. The fraction of sp³-hybridized carbons (Fsp3) is 0.200. The normalized spacial score (nSPS) is 12.3. The number of allylic oxidation sites excluding steroid dienone is 2. The Morgan fingerprint density at radius 3 is 2.92 bits per heavy atom. The first kappa shape index (κ1) is 9.45. The Morgan fingerprint density at radius 2 is 2.38 bits per heavy atom. The van der Waals surface area contributed by atoms with E-state index in [0.29, 0.717) is 5.69 Å². The number of aromatic nitrogens is 1. The van der Waals surface area contributed by atoms with Crippen molar-refractivity contribution in [2.24, 2.45) is 4.99 Å². The maximum absolute atomic E-state index is 5.64. The molecule has 0 saturated heterocycles. The van der Waals surface area contributed by atoms with Gasteiger partial charge in [-0.05, 0) is 19.1 Å². The summed E-state index contributed by atoms with van der Waals surface area (Å²) in [6, 6.07) is 3.59. The minimum Gasteiger partial charge on any atom is -0.399 e. The van der Waals surface area contributed by atoms with Crippen LogP contribution < -0.4 is 5.73 Å². The highest BCUT2D eigenvalue weighted by molar-refractivity contribution is 6.08. The lowest BCUT2D eigenvalue weighted by molar-refractivity contribution is 1.29. The molecule has 0 unspecified atom stereocenters. The monoisotopic (exact) mass is 175 g/mol. The topological polar surface area (TPSA) is 51.3 Å². The third kappa shape index (κ3) is 2.40. The summed E-state index contributed by atoms with van der Waals surface area (Å²) in [5, 5.41) is 0. The lowest BCUT2D eigenvalue weighted by Gasteiger charge is -2.00. The number of anilines is 1. The zero-order valence-electron chi connectivity index (χ0n) is 7.86. The number of hydrogen-bond acceptors (Lipinski definition) is 3. The van der Waals surface area contributed by atoms with Crippen molar-refractivity contribution in [3.8, 4) is 0 Å².